The molecule has 0 radical (unpaired) electrons. The molecule has 0 bridgehead atoms. The first-order valence-electron chi connectivity index (χ1n) is 7.97. The van der Waals surface area contributed by atoms with Gasteiger partial charge < -0.3 is 19.3 Å². The molecule has 0 aliphatic heterocycles. The van der Waals surface area contributed by atoms with Crippen molar-refractivity contribution in [1.29, 1.82) is 0 Å². The fourth-order valence-electron chi connectivity index (χ4n) is 2.93. The van der Waals surface area contributed by atoms with Crippen molar-refractivity contribution in [3.8, 4) is 0 Å². The summed E-state index contributed by atoms with van der Waals surface area (Å²) >= 11 is 0. The van der Waals surface area contributed by atoms with E-state index < -0.39 is 11.9 Å². The quantitative estimate of drug-likeness (QED) is 0.823. The second-order valence-electron chi connectivity index (χ2n) is 6.34. The van der Waals surface area contributed by atoms with Crippen LogP contribution in [0.5, 0.6) is 0 Å². The molecule has 6 heteroatoms. The second kappa shape index (κ2) is 7.32. The molecule has 5 nitrogen and oxygen atoms in total. The van der Waals surface area contributed by atoms with Gasteiger partial charge in [0.25, 0.3) is 0 Å². The number of hydrogen-bond donors (Lipinski definition) is 1. The standard InChI is InChI=1S/C18H25FN2O3/c1-11-13(9-18(23)24-5)15-8-14(12(2)22)16(19)10-17(15)21(11)7-6-20(3)4/h8,10,12,22H,6-7,9H2,1-5H3. The number of halogens is 1. The maximum atomic E-state index is 14.3. The number of ether oxygens (including phenoxy) is 1. The molecule has 0 fully saturated rings. The molecule has 2 rings (SSSR count). The molecule has 132 valence electrons. The van der Waals surface area contributed by atoms with Crippen molar-refractivity contribution < 1.29 is 19.0 Å². The van der Waals surface area contributed by atoms with Gasteiger partial charge in [-0.15, -0.1) is 0 Å². The number of aliphatic hydroxyl groups is 1. The molecular formula is C18H25FN2O3. The molecule has 0 aliphatic carbocycles. The Morgan fingerprint density at radius 2 is 2.08 bits per heavy atom. The van der Waals surface area contributed by atoms with E-state index in [-0.39, 0.29) is 18.0 Å². The van der Waals surface area contributed by atoms with E-state index in [0.29, 0.717) is 6.54 Å². The van der Waals surface area contributed by atoms with Crippen molar-refractivity contribution >= 4 is 16.9 Å². The van der Waals surface area contributed by atoms with Gasteiger partial charge in [-0.2, -0.15) is 0 Å². The Morgan fingerprint density at radius 3 is 2.62 bits per heavy atom. The fourth-order valence-corrected chi connectivity index (χ4v) is 2.93. The number of aliphatic hydroxyl groups excluding tert-OH is 1. The normalized spacial score (nSPS) is 12.8. The van der Waals surface area contributed by atoms with E-state index in [1.807, 2.05) is 30.5 Å². The molecule has 1 aromatic heterocycles. The highest BCUT2D eigenvalue weighted by molar-refractivity contribution is 5.90. The number of rotatable bonds is 6. The molecule has 1 N–H and O–H groups in total. The van der Waals surface area contributed by atoms with Gasteiger partial charge in [0.2, 0.25) is 0 Å². The molecular weight excluding hydrogens is 311 g/mol. The SMILES string of the molecule is COC(=O)Cc1c(C)n(CCN(C)C)c2cc(F)c(C(C)O)cc12. The summed E-state index contributed by atoms with van der Waals surface area (Å²) in [5.41, 5.74) is 2.70. The van der Waals surface area contributed by atoms with Gasteiger partial charge in [-0.25, -0.2) is 4.39 Å². The van der Waals surface area contributed by atoms with E-state index in [0.717, 1.165) is 28.7 Å². The Labute approximate surface area is 141 Å². The summed E-state index contributed by atoms with van der Waals surface area (Å²) in [6, 6.07) is 3.09. The summed E-state index contributed by atoms with van der Waals surface area (Å²) in [5.74, 6) is -0.779. The van der Waals surface area contributed by atoms with Crippen molar-refractivity contribution in [2.45, 2.75) is 32.9 Å². The predicted octanol–water partition coefficient (Wildman–Crippen LogP) is 2.42. The van der Waals surface area contributed by atoms with Crippen LogP contribution >= 0.6 is 0 Å². The summed E-state index contributed by atoms with van der Waals surface area (Å²) in [5, 5.41) is 10.6. The summed E-state index contributed by atoms with van der Waals surface area (Å²) in [7, 11) is 5.30. The second-order valence-corrected chi connectivity index (χ2v) is 6.34. The lowest BCUT2D eigenvalue weighted by atomic mass is 10.0. The van der Waals surface area contributed by atoms with E-state index in [2.05, 4.69) is 0 Å². The summed E-state index contributed by atoms with van der Waals surface area (Å²) < 4.78 is 21.1. The van der Waals surface area contributed by atoms with Crippen LogP contribution in [0.4, 0.5) is 4.39 Å². The highest BCUT2D eigenvalue weighted by atomic mass is 19.1. The zero-order chi connectivity index (χ0) is 18.0. The van der Waals surface area contributed by atoms with E-state index in [1.165, 1.54) is 20.1 Å². The van der Waals surface area contributed by atoms with Crippen molar-refractivity contribution in [2.75, 3.05) is 27.7 Å². The Morgan fingerprint density at radius 1 is 1.42 bits per heavy atom. The third-order valence-corrected chi connectivity index (χ3v) is 4.34. The smallest absolute Gasteiger partial charge is 0.310 e. The first-order valence-corrected chi connectivity index (χ1v) is 7.97. The number of nitrogens with zero attached hydrogens (tertiary/aromatic N) is 2. The van der Waals surface area contributed by atoms with Crippen molar-refractivity contribution in [3.05, 3.63) is 34.8 Å². The van der Waals surface area contributed by atoms with Gasteiger partial charge in [0.1, 0.15) is 5.82 Å². The number of hydrogen-bond acceptors (Lipinski definition) is 4. The zero-order valence-electron chi connectivity index (χ0n) is 14.9. The van der Waals surface area contributed by atoms with E-state index in [9.17, 15) is 14.3 Å². The van der Waals surface area contributed by atoms with Gasteiger partial charge in [-0.3, -0.25) is 4.79 Å². The molecule has 0 saturated carbocycles. The molecule has 1 aromatic carbocycles. The molecule has 1 heterocycles. The van der Waals surface area contributed by atoms with E-state index >= 15 is 0 Å². The third kappa shape index (κ3) is 3.60. The van der Waals surface area contributed by atoms with Crippen molar-refractivity contribution in [3.63, 3.8) is 0 Å². The number of carbonyl (C=O) groups is 1. The highest BCUT2D eigenvalue weighted by Gasteiger charge is 2.20. The minimum atomic E-state index is -0.911. The van der Waals surface area contributed by atoms with Crippen LogP contribution in [-0.4, -0.2) is 48.3 Å². The lowest BCUT2D eigenvalue weighted by molar-refractivity contribution is -0.139. The maximum absolute atomic E-state index is 14.3. The molecule has 0 saturated heterocycles. The number of methoxy groups -OCH3 is 1. The van der Waals surface area contributed by atoms with E-state index in [1.54, 1.807) is 6.07 Å². The summed E-state index contributed by atoms with van der Waals surface area (Å²) in [4.78, 5) is 13.8. The van der Waals surface area contributed by atoms with Crippen LogP contribution in [-0.2, 0) is 22.5 Å². The predicted molar refractivity (Wildman–Crippen MR) is 91.5 cm³/mol. The van der Waals surface area contributed by atoms with Crippen LogP contribution in [0.3, 0.4) is 0 Å². The van der Waals surface area contributed by atoms with Gasteiger partial charge in [0.05, 0.1) is 25.2 Å². The van der Waals surface area contributed by atoms with Crippen LogP contribution in [0.2, 0.25) is 0 Å². The largest absolute Gasteiger partial charge is 0.469 e. The topological polar surface area (TPSA) is 54.7 Å². The van der Waals surface area contributed by atoms with Gasteiger partial charge in [-0.05, 0) is 45.6 Å². The molecule has 1 unspecified atom stereocenters. The van der Waals surface area contributed by atoms with Crippen LogP contribution in [0.15, 0.2) is 12.1 Å². The van der Waals surface area contributed by atoms with Gasteiger partial charge in [-0.1, -0.05) is 0 Å². The lowest BCUT2D eigenvalue weighted by Gasteiger charge is -2.14. The third-order valence-electron chi connectivity index (χ3n) is 4.34. The summed E-state index contributed by atoms with van der Waals surface area (Å²) in [6.07, 6.45) is -0.788. The molecule has 0 aliphatic rings. The van der Waals surface area contributed by atoms with Crippen LogP contribution in [0, 0.1) is 12.7 Å². The van der Waals surface area contributed by atoms with Gasteiger partial charge >= 0.3 is 5.97 Å². The number of carbonyl (C=O) groups excluding carboxylic acids is 1. The first-order chi connectivity index (χ1) is 11.3. The highest BCUT2D eigenvalue weighted by Crippen LogP contribution is 2.31. The molecule has 2 aromatic rings. The Hall–Kier alpha value is -1.92. The monoisotopic (exact) mass is 336 g/mol. The average Bonchev–Trinajstić information content (AvgIpc) is 2.75. The number of fused-ring (bicyclic) bond motifs is 1. The Kier molecular flexibility index (Phi) is 5.62. The number of esters is 1. The number of aromatic nitrogens is 1. The number of likely N-dealkylation sites (N-methyl/N-ethyl adjacent to an activating group) is 1. The first kappa shape index (κ1) is 18.4. The van der Waals surface area contributed by atoms with Crippen LogP contribution in [0.1, 0.15) is 29.8 Å². The van der Waals surface area contributed by atoms with Crippen molar-refractivity contribution in [1.82, 2.24) is 9.47 Å². The van der Waals surface area contributed by atoms with Gasteiger partial charge in [0.15, 0.2) is 0 Å². The molecule has 1 atom stereocenters. The Bertz CT molecular complexity index is 751. The minimum Gasteiger partial charge on any atom is -0.469 e. The van der Waals surface area contributed by atoms with Gasteiger partial charge in [0, 0.05) is 29.7 Å². The summed E-state index contributed by atoms with van der Waals surface area (Å²) in [6.45, 7) is 4.93. The lowest BCUT2D eigenvalue weighted by Crippen LogP contribution is -2.19. The van der Waals surface area contributed by atoms with Crippen molar-refractivity contribution in [2.24, 2.45) is 0 Å². The molecule has 24 heavy (non-hydrogen) atoms. The molecule has 0 amide bonds. The van der Waals surface area contributed by atoms with E-state index in [4.69, 9.17) is 4.74 Å². The van der Waals surface area contributed by atoms with Crippen LogP contribution < -0.4 is 0 Å². The Balaban J connectivity index is 2.65. The maximum Gasteiger partial charge on any atom is 0.310 e. The fraction of sp³-hybridized carbons (Fsp3) is 0.500. The number of benzene rings is 1. The minimum absolute atomic E-state index is 0.124. The zero-order valence-corrected chi connectivity index (χ0v) is 14.9. The molecule has 0 spiro atoms. The van der Waals surface area contributed by atoms with Crippen LogP contribution in [0.25, 0.3) is 10.9 Å². The average molecular weight is 336 g/mol.